The standard InChI is InChI=1S/C19H19FN4O2S/c1-11-4-7-14(10-16(11)20)21-18(25)12(2)27-19-22-17(23-24-19)13-5-8-15(26-3)9-6-13/h4-10,12H,1-3H3,(H,21,25)(H,22,23,24)/t12-/m1/s1. The van der Waals surface area contributed by atoms with Gasteiger partial charge in [-0.15, -0.1) is 5.10 Å². The van der Waals surface area contributed by atoms with E-state index in [0.717, 1.165) is 11.3 Å². The Balaban J connectivity index is 1.63. The van der Waals surface area contributed by atoms with Crippen LogP contribution in [0.3, 0.4) is 0 Å². The van der Waals surface area contributed by atoms with Gasteiger partial charge in [0.25, 0.3) is 0 Å². The third-order valence-corrected chi connectivity index (χ3v) is 4.88. The van der Waals surface area contributed by atoms with Gasteiger partial charge in [-0.1, -0.05) is 17.8 Å². The number of hydrogen-bond donors (Lipinski definition) is 2. The molecule has 1 heterocycles. The number of methoxy groups -OCH3 is 1. The van der Waals surface area contributed by atoms with E-state index in [4.69, 9.17) is 4.74 Å². The van der Waals surface area contributed by atoms with Gasteiger partial charge in [0.15, 0.2) is 5.82 Å². The first-order chi connectivity index (χ1) is 13.0. The highest BCUT2D eigenvalue weighted by Gasteiger charge is 2.18. The van der Waals surface area contributed by atoms with Gasteiger partial charge >= 0.3 is 0 Å². The minimum Gasteiger partial charge on any atom is -0.497 e. The first-order valence-corrected chi connectivity index (χ1v) is 9.14. The third kappa shape index (κ3) is 4.65. The van der Waals surface area contributed by atoms with Crippen LogP contribution in [0.5, 0.6) is 5.75 Å². The second-order valence-electron chi connectivity index (χ2n) is 5.91. The molecule has 2 aromatic carbocycles. The smallest absolute Gasteiger partial charge is 0.237 e. The Morgan fingerprint density at radius 1 is 1.26 bits per heavy atom. The Hall–Kier alpha value is -2.87. The number of ether oxygens (including phenoxy) is 1. The SMILES string of the molecule is COc1ccc(-c2nc(S[C@H](C)C(=O)Nc3ccc(C)c(F)c3)n[nH]2)cc1. The zero-order valence-corrected chi connectivity index (χ0v) is 15.9. The Kier molecular flexibility index (Phi) is 5.75. The third-order valence-electron chi connectivity index (χ3n) is 3.92. The highest BCUT2D eigenvalue weighted by atomic mass is 32.2. The maximum atomic E-state index is 13.6. The van der Waals surface area contributed by atoms with Crippen LogP contribution in [0.2, 0.25) is 0 Å². The summed E-state index contributed by atoms with van der Waals surface area (Å²) in [5, 5.41) is 9.72. The number of nitrogens with zero attached hydrogens (tertiary/aromatic N) is 2. The summed E-state index contributed by atoms with van der Waals surface area (Å²) in [7, 11) is 1.61. The highest BCUT2D eigenvalue weighted by Crippen LogP contribution is 2.25. The van der Waals surface area contributed by atoms with Gasteiger partial charge in [-0.25, -0.2) is 9.37 Å². The summed E-state index contributed by atoms with van der Waals surface area (Å²) >= 11 is 1.22. The number of aromatic nitrogens is 3. The summed E-state index contributed by atoms with van der Waals surface area (Å²) < 4.78 is 18.7. The number of amides is 1. The molecule has 0 bridgehead atoms. The molecule has 1 atom stereocenters. The monoisotopic (exact) mass is 386 g/mol. The maximum Gasteiger partial charge on any atom is 0.237 e. The topological polar surface area (TPSA) is 79.9 Å². The highest BCUT2D eigenvalue weighted by molar-refractivity contribution is 8.00. The quantitative estimate of drug-likeness (QED) is 0.625. The summed E-state index contributed by atoms with van der Waals surface area (Å²) in [4.78, 5) is 16.7. The number of thioether (sulfide) groups is 1. The van der Waals surface area contributed by atoms with Gasteiger partial charge in [0.2, 0.25) is 11.1 Å². The molecule has 27 heavy (non-hydrogen) atoms. The van der Waals surface area contributed by atoms with Gasteiger partial charge in [0.05, 0.1) is 12.4 Å². The summed E-state index contributed by atoms with van der Waals surface area (Å²) in [6, 6.07) is 12.0. The number of hydrogen-bond acceptors (Lipinski definition) is 5. The van der Waals surface area contributed by atoms with Gasteiger partial charge in [0.1, 0.15) is 11.6 Å². The second-order valence-corrected chi connectivity index (χ2v) is 7.22. The Morgan fingerprint density at radius 3 is 2.67 bits per heavy atom. The van der Waals surface area contributed by atoms with Crippen molar-refractivity contribution in [3.8, 4) is 17.1 Å². The van der Waals surface area contributed by atoms with Crippen LogP contribution < -0.4 is 10.1 Å². The Morgan fingerprint density at radius 2 is 2.00 bits per heavy atom. The van der Waals surface area contributed by atoms with Crippen LogP contribution in [0.25, 0.3) is 11.4 Å². The number of rotatable bonds is 6. The lowest BCUT2D eigenvalue weighted by Gasteiger charge is -2.10. The number of carbonyl (C=O) groups is 1. The molecular weight excluding hydrogens is 367 g/mol. The largest absolute Gasteiger partial charge is 0.497 e. The molecular formula is C19H19FN4O2S. The summed E-state index contributed by atoms with van der Waals surface area (Å²) in [5.41, 5.74) is 1.81. The minimum atomic E-state index is -0.450. The fourth-order valence-corrected chi connectivity index (χ4v) is 3.03. The predicted octanol–water partition coefficient (Wildman–Crippen LogP) is 4.05. The van der Waals surface area contributed by atoms with Gasteiger partial charge in [0, 0.05) is 11.3 Å². The molecule has 0 unspecified atom stereocenters. The first-order valence-electron chi connectivity index (χ1n) is 8.27. The number of benzene rings is 2. The van der Waals surface area contributed by atoms with Crippen molar-refractivity contribution < 1.29 is 13.9 Å². The summed E-state index contributed by atoms with van der Waals surface area (Å²) in [6.07, 6.45) is 0. The number of aromatic amines is 1. The zero-order chi connectivity index (χ0) is 19.4. The van der Waals surface area contributed by atoms with Crippen molar-refractivity contribution in [3.05, 3.63) is 53.8 Å². The Labute approximate surface area is 160 Å². The normalized spacial score (nSPS) is 11.9. The van der Waals surface area contributed by atoms with Crippen LogP contribution in [0.1, 0.15) is 12.5 Å². The first kappa shape index (κ1) is 18.9. The average Bonchev–Trinajstić information content (AvgIpc) is 3.13. The van der Waals surface area contributed by atoms with E-state index in [-0.39, 0.29) is 11.7 Å². The van der Waals surface area contributed by atoms with Gasteiger partial charge < -0.3 is 10.1 Å². The van der Waals surface area contributed by atoms with E-state index >= 15 is 0 Å². The predicted molar refractivity (Wildman–Crippen MR) is 103 cm³/mol. The lowest BCUT2D eigenvalue weighted by Crippen LogP contribution is -2.22. The van der Waals surface area contributed by atoms with E-state index in [1.165, 1.54) is 17.8 Å². The van der Waals surface area contributed by atoms with Gasteiger partial charge in [-0.2, -0.15) is 0 Å². The number of nitrogens with one attached hydrogen (secondary N) is 2. The molecule has 1 amide bonds. The van der Waals surface area contributed by atoms with Crippen LogP contribution in [-0.2, 0) is 4.79 Å². The van der Waals surface area contributed by atoms with E-state index < -0.39 is 5.25 Å². The summed E-state index contributed by atoms with van der Waals surface area (Å²) in [5.74, 6) is 0.754. The molecule has 0 fully saturated rings. The van der Waals surface area contributed by atoms with Crippen molar-refractivity contribution in [2.75, 3.05) is 12.4 Å². The molecule has 0 spiro atoms. The molecule has 2 N–H and O–H groups in total. The lowest BCUT2D eigenvalue weighted by atomic mass is 10.2. The van der Waals surface area contributed by atoms with Crippen molar-refractivity contribution in [3.63, 3.8) is 0 Å². The van der Waals surface area contributed by atoms with E-state index in [9.17, 15) is 9.18 Å². The number of anilines is 1. The van der Waals surface area contributed by atoms with Crippen molar-refractivity contribution in [2.24, 2.45) is 0 Å². The molecule has 6 nitrogen and oxygen atoms in total. The van der Waals surface area contributed by atoms with Crippen molar-refractivity contribution >= 4 is 23.4 Å². The fraction of sp³-hybridized carbons (Fsp3) is 0.211. The molecule has 8 heteroatoms. The van der Waals surface area contributed by atoms with Crippen LogP contribution in [0, 0.1) is 12.7 Å². The van der Waals surface area contributed by atoms with Crippen LogP contribution in [0.15, 0.2) is 47.6 Å². The van der Waals surface area contributed by atoms with Gasteiger partial charge in [-0.05, 0) is 55.8 Å². The molecule has 0 aliphatic heterocycles. The molecule has 140 valence electrons. The van der Waals surface area contributed by atoms with Crippen molar-refractivity contribution in [1.29, 1.82) is 0 Å². The molecule has 1 aromatic heterocycles. The molecule has 0 aliphatic carbocycles. The van der Waals surface area contributed by atoms with E-state index in [1.54, 1.807) is 33.1 Å². The lowest BCUT2D eigenvalue weighted by molar-refractivity contribution is -0.115. The number of carbonyl (C=O) groups excluding carboxylic acids is 1. The van der Waals surface area contributed by atoms with Gasteiger partial charge in [-0.3, -0.25) is 9.89 Å². The molecule has 3 aromatic rings. The Bertz CT molecular complexity index is 943. The van der Waals surface area contributed by atoms with Crippen LogP contribution in [-0.4, -0.2) is 33.4 Å². The zero-order valence-electron chi connectivity index (χ0n) is 15.1. The molecule has 0 radical (unpaired) electrons. The number of halogens is 1. The minimum absolute atomic E-state index is 0.251. The summed E-state index contributed by atoms with van der Waals surface area (Å²) in [6.45, 7) is 3.41. The number of aryl methyl sites for hydroxylation is 1. The maximum absolute atomic E-state index is 13.6. The van der Waals surface area contributed by atoms with Crippen molar-refractivity contribution in [2.45, 2.75) is 24.3 Å². The van der Waals surface area contributed by atoms with Crippen LogP contribution >= 0.6 is 11.8 Å². The molecule has 0 saturated carbocycles. The molecule has 0 saturated heterocycles. The van der Waals surface area contributed by atoms with E-state index in [1.807, 2.05) is 24.3 Å². The molecule has 3 rings (SSSR count). The fourth-order valence-electron chi connectivity index (χ4n) is 2.30. The van der Waals surface area contributed by atoms with E-state index in [2.05, 4.69) is 20.5 Å². The molecule has 0 aliphatic rings. The van der Waals surface area contributed by atoms with Crippen LogP contribution in [0.4, 0.5) is 10.1 Å². The van der Waals surface area contributed by atoms with E-state index in [0.29, 0.717) is 22.2 Å². The average molecular weight is 386 g/mol. The second kappa shape index (κ2) is 8.22. The van der Waals surface area contributed by atoms with Crippen molar-refractivity contribution in [1.82, 2.24) is 15.2 Å². The number of H-pyrrole nitrogens is 1.